The summed E-state index contributed by atoms with van der Waals surface area (Å²) in [5.74, 6) is 2.22. The molecular weight excluding hydrogens is 248 g/mol. The van der Waals surface area contributed by atoms with Gasteiger partial charge >= 0.3 is 0 Å². The molecule has 1 saturated heterocycles. The molecule has 20 heavy (non-hydrogen) atoms. The summed E-state index contributed by atoms with van der Waals surface area (Å²) in [7, 11) is 0. The van der Waals surface area contributed by atoms with Crippen molar-refractivity contribution in [3.8, 4) is 5.75 Å². The van der Waals surface area contributed by atoms with Crippen molar-refractivity contribution in [2.24, 2.45) is 11.8 Å². The van der Waals surface area contributed by atoms with E-state index in [0.29, 0.717) is 17.9 Å². The summed E-state index contributed by atoms with van der Waals surface area (Å²) in [6.45, 7) is 10.9. The highest BCUT2D eigenvalue weighted by atomic mass is 16.5. The Morgan fingerprint density at radius 2 is 2.05 bits per heavy atom. The number of benzene rings is 1. The number of para-hydroxylation sites is 1. The summed E-state index contributed by atoms with van der Waals surface area (Å²) in [5, 5.41) is 0. The Balaban J connectivity index is 2.27. The van der Waals surface area contributed by atoms with Crippen LogP contribution in [-0.2, 0) is 0 Å². The molecule has 1 aromatic carbocycles. The molecule has 3 atom stereocenters. The first-order valence-electron chi connectivity index (χ1n) is 7.82. The first kappa shape index (κ1) is 15.0. The zero-order chi connectivity index (χ0) is 14.7. The van der Waals surface area contributed by atoms with Crippen LogP contribution in [0.1, 0.15) is 40.5 Å². The van der Waals surface area contributed by atoms with Gasteiger partial charge in [0.05, 0.1) is 18.0 Å². The van der Waals surface area contributed by atoms with Crippen LogP contribution in [0.3, 0.4) is 0 Å². The molecule has 0 saturated carbocycles. The standard InChI is InChI=1S/C17H28N2O/c1-5-9-20-16-8-6-7-15(17(16)18)19-11-12(2)10-13(3)14(19)4/h6-8,12-14H,5,9-11,18H2,1-4H3. The molecule has 0 bridgehead atoms. The van der Waals surface area contributed by atoms with E-state index in [2.05, 4.69) is 38.7 Å². The van der Waals surface area contributed by atoms with Crippen molar-refractivity contribution in [1.29, 1.82) is 0 Å². The number of ether oxygens (including phenoxy) is 1. The number of nitrogens with two attached hydrogens (primary N) is 1. The van der Waals surface area contributed by atoms with Gasteiger partial charge in [0.25, 0.3) is 0 Å². The number of rotatable bonds is 4. The fourth-order valence-electron chi connectivity index (χ4n) is 3.15. The summed E-state index contributed by atoms with van der Waals surface area (Å²) in [5.41, 5.74) is 8.26. The van der Waals surface area contributed by atoms with E-state index in [9.17, 15) is 0 Å². The molecule has 2 N–H and O–H groups in total. The second-order valence-corrected chi connectivity index (χ2v) is 6.25. The van der Waals surface area contributed by atoms with Crippen molar-refractivity contribution in [3.63, 3.8) is 0 Å². The van der Waals surface area contributed by atoms with Gasteiger partial charge in [0.2, 0.25) is 0 Å². The second kappa shape index (κ2) is 6.38. The fraction of sp³-hybridized carbons (Fsp3) is 0.647. The Morgan fingerprint density at radius 3 is 2.75 bits per heavy atom. The molecule has 0 aromatic heterocycles. The first-order chi connectivity index (χ1) is 9.54. The van der Waals surface area contributed by atoms with Gasteiger partial charge in [-0.2, -0.15) is 0 Å². The molecule has 1 aliphatic heterocycles. The van der Waals surface area contributed by atoms with Gasteiger partial charge < -0.3 is 15.4 Å². The molecule has 0 spiro atoms. The number of nitrogen functional groups attached to an aromatic ring is 1. The maximum atomic E-state index is 6.34. The predicted octanol–water partition coefficient (Wildman–Crippen LogP) is 3.93. The highest BCUT2D eigenvalue weighted by Gasteiger charge is 2.30. The van der Waals surface area contributed by atoms with Gasteiger partial charge in [-0.1, -0.05) is 26.8 Å². The summed E-state index contributed by atoms with van der Waals surface area (Å²) >= 11 is 0. The van der Waals surface area contributed by atoms with Gasteiger partial charge in [-0.25, -0.2) is 0 Å². The molecule has 3 unspecified atom stereocenters. The van der Waals surface area contributed by atoms with Gasteiger partial charge in [-0.15, -0.1) is 0 Å². The molecule has 0 aliphatic carbocycles. The van der Waals surface area contributed by atoms with Crippen molar-refractivity contribution in [2.45, 2.75) is 46.6 Å². The van der Waals surface area contributed by atoms with E-state index in [1.807, 2.05) is 12.1 Å². The maximum Gasteiger partial charge on any atom is 0.144 e. The van der Waals surface area contributed by atoms with E-state index >= 15 is 0 Å². The van der Waals surface area contributed by atoms with Crippen LogP contribution in [0.5, 0.6) is 5.75 Å². The van der Waals surface area contributed by atoms with Crippen LogP contribution in [0.4, 0.5) is 11.4 Å². The normalized spacial score (nSPS) is 26.6. The average Bonchev–Trinajstić information content (AvgIpc) is 2.42. The quantitative estimate of drug-likeness (QED) is 0.847. The van der Waals surface area contributed by atoms with Crippen molar-refractivity contribution >= 4 is 11.4 Å². The van der Waals surface area contributed by atoms with Crippen LogP contribution in [0, 0.1) is 11.8 Å². The SMILES string of the molecule is CCCOc1cccc(N2CC(C)CC(C)C2C)c1N. The third-order valence-electron chi connectivity index (χ3n) is 4.41. The van der Waals surface area contributed by atoms with Crippen LogP contribution < -0.4 is 15.4 Å². The molecule has 2 rings (SSSR count). The van der Waals surface area contributed by atoms with Crippen LogP contribution >= 0.6 is 0 Å². The Morgan fingerprint density at radius 1 is 1.30 bits per heavy atom. The fourth-order valence-corrected chi connectivity index (χ4v) is 3.15. The average molecular weight is 276 g/mol. The zero-order valence-corrected chi connectivity index (χ0v) is 13.2. The minimum absolute atomic E-state index is 0.523. The number of anilines is 2. The van der Waals surface area contributed by atoms with Crippen LogP contribution in [0.25, 0.3) is 0 Å². The minimum Gasteiger partial charge on any atom is -0.491 e. The van der Waals surface area contributed by atoms with Crippen LogP contribution in [0.15, 0.2) is 18.2 Å². The largest absolute Gasteiger partial charge is 0.491 e. The second-order valence-electron chi connectivity index (χ2n) is 6.25. The van der Waals surface area contributed by atoms with E-state index in [1.165, 1.54) is 6.42 Å². The van der Waals surface area contributed by atoms with Gasteiger partial charge in [-0.05, 0) is 43.7 Å². The van der Waals surface area contributed by atoms with Gasteiger partial charge in [0, 0.05) is 12.6 Å². The lowest BCUT2D eigenvalue weighted by atomic mass is 9.85. The molecule has 112 valence electrons. The molecule has 0 amide bonds. The van der Waals surface area contributed by atoms with E-state index < -0.39 is 0 Å². The Labute approximate surface area is 123 Å². The number of hydrogen-bond acceptors (Lipinski definition) is 3. The zero-order valence-electron chi connectivity index (χ0n) is 13.2. The van der Waals surface area contributed by atoms with Crippen LogP contribution in [0.2, 0.25) is 0 Å². The molecule has 0 radical (unpaired) electrons. The van der Waals surface area contributed by atoms with E-state index in [0.717, 1.165) is 36.7 Å². The summed E-state index contributed by atoms with van der Waals surface area (Å²) in [6, 6.07) is 6.66. The summed E-state index contributed by atoms with van der Waals surface area (Å²) in [4.78, 5) is 2.45. The van der Waals surface area contributed by atoms with Gasteiger partial charge in [-0.3, -0.25) is 0 Å². The molecule has 1 aromatic rings. The lowest BCUT2D eigenvalue weighted by Crippen LogP contribution is -2.46. The van der Waals surface area contributed by atoms with Crippen LogP contribution in [-0.4, -0.2) is 19.2 Å². The van der Waals surface area contributed by atoms with Crippen molar-refractivity contribution in [3.05, 3.63) is 18.2 Å². The van der Waals surface area contributed by atoms with Crippen molar-refractivity contribution in [1.82, 2.24) is 0 Å². The topological polar surface area (TPSA) is 38.5 Å². The molecule has 1 fully saturated rings. The van der Waals surface area contributed by atoms with E-state index in [-0.39, 0.29) is 0 Å². The van der Waals surface area contributed by atoms with Gasteiger partial charge in [0.15, 0.2) is 0 Å². The van der Waals surface area contributed by atoms with E-state index in [4.69, 9.17) is 10.5 Å². The highest BCUT2D eigenvalue weighted by molar-refractivity contribution is 5.74. The minimum atomic E-state index is 0.523. The lowest BCUT2D eigenvalue weighted by Gasteiger charge is -2.43. The summed E-state index contributed by atoms with van der Waals surface area (Å²) in [6.07, 6.45) is 2.29. The Bertz CT molecular complexity index is 447. The smallest absolute Gasteiger partial charge is 0.144 e. The first-order valence-corrected chi connectivity index (χ1v) is 7.82. The maximum absolute atomic E-state index is 6.34. The monoisotopic (exact) mass is 276 g/mol. The summed E-state index contributed by atoms with van der Waals surface area (Å²) < 4.78 is 5.75. The molecular formula is C17H28N2O. The molecule has 3 nitrogen and oxygen atoms in total. The third kappa shape index (κ3) is 3.02. The molecule has 1 aliphatic rings. The number of hydrogen-bond donors (Lipinski definition) is 1. The Kier molecular flexibility index (Phi) is 4.79. The number of piperidine rings is 1. The van der Waals surface area contributed by atoms with E-state index in [1.54, 1.807) is 0 Å². The molecule has 3 heteroatoms. The highest BCUT2D eigenvalue weighted by Crippen LogP contribution is 2.38. The third-order valence-corrected chi connectivity index (χ3v) is 4.41. The molecule has 1 heterocycles. The number of nitrogens with zero attached hydrogens (tertiary/aromatic N) is 1. The van der Waals surface area contributed by atoms with Crippen molar-refractivity contribution < 1.29 is 4.74 Å². The Hall–Kier alpha value is -1.38. The van der Waals surface area contributed by atoms with Crippen molar-refractivity contribution in [2.75, 3.05) is 23.8 Å². The predicted molar refractivity (Wildman–Crippen MR) is 86.4 cm³/mol. The van der Waals surface area contributed by atoms with Gasteiger partial charge in [0.1, 0.15) is 5.75 Å². The lowest BCUT2D eigenvalue weighted by molar-refractivity contribution is 0.296.